The number of hydrogen-bond donors (Lipinski definition) is 1. The molecule has 0 aliphatic carbocycles. The molecule has 0 saturated heterocycles. The topological polar surface area (TPSA) is 102 Å². The quantitative estimate of drug-likeness (QED) is 0.173. The van der Waals surface area contributed by atoms with Gasteiger partial charge < -0.3 is 0 Å². The van der Waals surface area contributed by atoms with E-state index in [1.54, 1.807) is 36.4 Å². The maximum absolute atomic E-state index is 13.1. The molecule has 6 aromatic rings. The second-order valence-electron chi connectivity index (χ2n) is 11.8. The van der Waals surface area contributed by atoms with E-state index in [1.807, 2.05) is 62.4 Å². The third kappa shape index (κ3) is 7.34. The zero-order valence-electron chi connectivity index (χ0n) is 27.8. The molecule has 0 unspecified atom stereocenters. The van der Waals surface area contributed by atoms with Gasteiger partial charge in [0.25, 0.3) is 0 Å². The first kappa shape index (κ1) is 38.8. The number of ketones is 2. The highest BCUT2D eigenvalue weighted by atomic mass is 35.5. The molecule has 53 heavy (non-hydrogen) atoms. The molecule has 0 fully saturated rings. The van der Waals surface area contributed by atoms with Crippen molar-refractivity contribution in [1.29, 1.82) is 0 Å². The summed E-state index contributed by atoms with van der Waals surface area (Å²) < 4.78 is 51.2. The lowest BCUT2D eigenvalue weighted by atomic mass is 10.0. The molecule has 0 N–H and O–H groups in total. The first-order valence-corrected chi connectivity index (χ1v) is 21.1. The standard InChI is InChI=1S/C20H13ClO3S2.C13H6Cl2O3S.C7H8S/c1-12-6-2-4-8-15(12)25-16-11-10-14-19(22)13-7-3-5-9-17(13)26(23,24)20(14)18(16)21;14-9-6-5-8-12(16)7-3-1-2-4-10(7)19(17,18)13(8)11(9)15;1-6-4-2-3-5-7(6)8/h2-11H,1H3;1-6H;2-5,8H,1H3. The zero-order chi connectivity index (χ0) is 38.2. The summed E-state index contributed by atoms with van der Waals surface area (Å²) in [6.45, 7) is 4.02. The van der Waals surface area contributed by atoms with Crippen LogP contribution in [0, 0.1) is 13.8 Å². The van der Waals surface area contributed by atoms with E-state index in [9.17, 15) is 26.4 Å². The summed E-state index contributed by atoms with van der Waals surface area (Å²) in [7, 11) is -7.68. The van der Waals surface area contributed by atoms with Crippen LogP contribution in [0.4, 0.5) is 0 Å². The number of fused-ring (bicyclic) bond motifs is 4. The normalized spacial score (nSPS) is 14.2. The number of aryl methyl sites for hydroxylation is 2. The van der Waals surface area contributed by atoms with Crippen LogP contribution in [0.15, 0.2) is 156 Å². The number of carbonyl (C=O) groups is 2. The molecule has 0 amide bonds. The van der Waals surface area contributed by atoms with Crippen LogP contribution in [-0.4, -0.2) is 28.4 Å². The molecule has 2 aliphatic rings. The Morgan fingerprint density at radius 3 is 1.45 bits per heavy atom. The highest BCUT2D eigenvalue weighted by molar-refractivity contribution is 7.99. The van der Waals surface area contributed by atoms with Crippen molar-refractivity contribution < 1.29 is 26.4 Å². The van der Waals surface area contributed by atoms with Crippen molar-refractivity contribution in [3.63, 3.8) is 0 Å². The van der Waals surface area contributed by atoms with Crippen molar-refractivity contribution in [3.05, 3.63) is 170 Å². The van der Waals surface area contributed by atoms with Crippen LogP contribution in [-0.2, 0) is 19.7 Å². The van der Waals surface area contributed by atoms with Crippen molar-refractivity contribution >= 4 is 90.4 Å². The lowest BCUT2D eigenvalue weighted by Crippen LogP contribution is -2.20. The second kappa shape index (κ2) is 15.5. The van der Waals surface area contributed by atoms with Crippen molar-refractivity contribution in [1.82, 2.24) is 0 Å². The van der Waals surface area contributed by atoms with E-state index < -0.39 is 19.7 Å². The Balaban J connectivity index is 0.000000155. The molecule has 0 radical (unpaired) electrons. The zero-order valence-corrected chi connectivity index (χ0v) is 33.4. The number of carbonyl (C=O) groups excluding carboxylic acids is 2. The smallest absolute Gasteiger partial charge is 0.209 e. The van der Waals surface area contributed by atoms with Crippen LogP contribution in [0.3, 0.4) is 0 Å². The molecule has 2 aliphatic heterocycles. The molecule has 0 spiro atoms. The number of hydrogen-bond acceptors (Lipinski definition) is 8. The maximum Gasteiger partial charge on any atom is 0.209 e. The molecule has 6 nitrogen and oxygen atoms in total. The lowest BCUT2D eigenvalue weighted by molar-refractivity contribution is 0.102. The molecule has 13 heteroatoms. The van der Waals surface area contributed by atoms with Crippen LogP contribution in [0.25, 0.3) is 0 Å². The average molecular weight is 838 g/mol. The molecule has 8 rings (SSSR count). The van der Waals surface area contributed by atoms with Crippen molar-refractivity contribution in [3.8, 4) is 0 Å². The minimum absolute atomic E-state index is 0.0115. The molecule has 0 saturated carbocycles. The number of rotatable bonds is 2. The number of sulfone groups is 2. The number of thiol groups is 1. The summed E-state index contributed by atoms with van der Waals surface area (Å²) in [5.74, 6) is -0.682. The summed E-state index contributed by atoms with van der Waals surface area (Å²) in [4.78, 5) is 27.4. The Morgan fingerprint density at radius 2 is 0.943 bits per heavy atom. The van der Waals surface area contributed by atoms with Crippen LogP contribution in [0.1, 0.15) is 43.0 Å². The van der Waals surface area contributed by atoms with Gasteiger partial charge >= 0.3 is 0 Å². The minimum Gasteiger partial charge on any atom is -0.289 e. The van der Waals surface area contributed by atoms with E-state index in [4.69, 9.17) is 34.8 Å². The molecule has 268 valence electrons. The Bertz CT molecular complexity index is 2670. The summed E-state index contributed by atoms with van der Waals surface area (Å²) in [5, 5.41) is 0.0943. The van der Waals surface area contributed by atoms with Crippen molar-refractivity contribution in [2.24, 2.45) is 0 Å². The average Bonchev–Trinajstić information content (AvgIpc) is 3.14. The van der Waals surface area contributed by atoms with E-state index in [1.165, 1.54) is 53.7 Å². The van der Waals surface area contributed by atoms with Crippen LogP contribution in [0.2, 0.25) is 15.1 Å². The maximum atomic E-state index is 13.1. The van der Waals surface area contributed by atoms with Gasteiger partial charge in [-0.15, -0.1) is 12.6 Å². The molecule has 2 heterocycles. The highest BCUT2D eigenvalue weighted by Crippen LogP contribution is 2.45. The SMILES string of the molecule is Cc1ccccc1S.Cc1ccccc1Sc1ccc2c(c1Cl)S(=O)(=O)c1ccccc1C2=O.O=C1c2ccccc2S(=O)(=O)c2c1ccc(Cl)c2Cl. The van der Waals surface area contributed by atoms with E-state index in [0.717, 1.165) is 15.4 Å². The van der Waals surface area contributed by atoms with Gasteiger partial charge in [0.15, 0.2) is 11.6 Å². The number of benzene rings is 6. The van der Waals surface area contributed by atoms with Gasteiger partial charge in [-0.05, 0) is 85.6 Å². The second-order valence-corrected chi connectivity index (χ2v) is 18.2. The molecular weight excluding hydrogens is 811 g/mol. The van der Waals surface area contributed by atoms with Gasteiger partial charge in [-0.1, -0.05) is 107 Å². The van der Waals surface area contributed by atoms with Crippen molar-refractivity contribution in [2.75, 3.05) is 0 Å². The van der Waals surface area contributed by atoms with Crippen LogP contribution in [0.5, 0.6) is 0 Å². The van der Waals surface area contributed by atoms with Crippen LogP contribution >= 0.6 is 59.2 Å². The van der Waals surface area contributed by atoms with Gasteiger partial charge in [0.05, 0.1) is 24.9 Å². The Morgan fingerprint density at radius 1 is 0.491 bits per heavy atom. The minimum atomic E-state index is -3.86. The molecule has 0 bridgehead atoms. The van der Waals surface area contributed by atoms with E-state index >= 15 is 0 Å². The predicted octanol–water partition coefficient (Wildman–Crippen LogP) is 10.8. The first-order valence-electron chi connectivity index (χ1n) is 15.7. The third-order valence-electron chi connectivity index (χ3n) is 8.41. The summed E-state index contributed by atoms with van der Waals surface area (Å²) >= 11 is 23.9. The van der Waals surface area contributed by atoms with Gasteiger partial charge in [-0.2, -0.15) is 0 Å². The fourth-order valence-corrected chi connectivity index (χ4v) is 11.6. The van der Waals surface area contributed by atoms with E-state index in [0.29, 0.717) is 4.90 Å². The van der Waals surface area contributed by atoms with Crippen LogP contribution < -0.4 is 0 Å². The van der Waals surface area contributed by atoms with Crippen molar-refractivity contribution in [2.45, 2.75) is 48.1 Å². The predicted molar refractivity (Wildman–Crippen MR) is 212 cm³/mol. The van der Waals surface area contributed by atoms with Gasteiger partial charge in [0.1, 0.15) is 9.79 Å². The molecule has 0 atom stereocenters. The van der Waals surface area contributed by atoms with E-state index in [2.05, 4.69) is 12.6 Å². The largest absolute Gasteiger partial charge is 0.289 e. The van der Waals surface area contributed by atoms with Gasteiger partial charge in [-0.25, -0.2) is 16.8 Å². The van der Waals surface area contributed by atoms with Gasteiger partial charge in [0.2, 0.25) is 19.7 Å². The molecule has 6 aromatic carbocycles. The summed E-state index contributed by atoms with van der Waals surface area (Å²) in [6.07, 6.45) is 0. The Kier molecular flexibility index (Phi) is 11.3. The summed E-state index contributed by atoms with van der Waals surface area (Å²) in [5.41, 5.74) is 2.84. The molecule has 0 aromatic heterocycles. The van der Waals surface area contributed by atoms with E-state index in [-0.39, 0.29) is 68.5 Å². The summed E-state index contributed by atoms with van der Waals surface area (Å²) in [6, 6.07) is 34.2. The van der Waals surface area contributed by atoms with Gasteiger partial charge in [0, 0.05) is 36.9 Å². The number of halogens is 3. The fourth-order valence-electron chi connectivity index (χ4n) is 5.67. The lowest BCUT2D eigenvalue weighted by Gasteiger charge is -2.21. The third-order valence-corrected chi connectivity index (χ3v) is 15.5. The Hall–Kier alpha value is -3.87. The monoisotopic (exact) mass is 836 g/mol. The highest BCUT2D eigenvalue weighted by Gasteiger charge is 2.38. The first-order chi connectivity index (χ1) is 25.2. The molecular formula is C40H27Cl3O6S4. The van der Waals surface area contributed by atoms with Gasteiger partial charge in [-0.3, -0.25) is 9.59 Å². The Labute approximate surface area is 332 Å². The fraction of sp³-hybridized carbons (Fsp3) is 0.0500.